The third kappa shape index (κ3) is 1.78. The van der Waals surface area contributed by atoms with Crippen LogP contribution in [0.2, 0.25) is 0 Å². The van der Waals surface area contributed by atoms with Gasteiger partial charge in [0.05, 0.1) is 19.8 Å². The van der Waals surface area contributed by atoms with Crippen molar-refractivity contribution in [2.45, 2.75) is 6.92 Å². The molecule has 3 nitrogen and oxygen atoms in total. The van der Waals surface area contributed by atoms with E-state index in [0.717, 1.165) is 22.1 Å². The van der Waals surface area contributed by atoms with Gasteiger partial charge in [-0.25, -0.2) is 0 Å². The molecule has 3 heteroatoms. The lowest BCUT2D eigenvalue weighted by atomic mass is 10.0. The molecule has 2 aromatic carbocycles. The first kappa shape index (κ1) is 11.3. The van der Waals surface area contributed by atoms with Crippen molar-refractivity contribution in [3.63, 3.8) is 0 Å². The molecule has 2 rings (SSSR count). The van der Waals surface area contributed by atoms with Gasteiger partial charge in [0.15, 0.2) is 0 Å². The molecule has 0 heterocycles. The highest BCUT2D eigenvalue weighted by Gasteiger charge is 2.11. The molecule has 0 unspecified atom stereocenters. The van der Waals surface area contributed by atoms with E-state index in [0.29, 0.717) is 11.3 Å². The molecule has 86 valence electrons. The Balaban J connectivity index is 2.84. The number of nitrogens with zero attached hydrogens (tertiary/aromatic N) is 1. The van der Waals surface area contributed by atoms with Gasteiger partial charge in [-0.15, -0.1) is 0 Å². The molecular formula is C14H13NO2. The zero-order valence-electron chi connectivity index (χ0n) is 10.1. The van der Waals surface area contributed by atoms with E-state index in [9.17, 15) is 0 Å². The third-order valence-electron chi connectivity index (χ3n) is 2.81. The van der Waals surface area contributed by atoms with E-state index in [-0.39, 0.29) is 0 Å². The summed E-state index contributed by atoms with van der Waals surface area (Å²) >= 11 is 0. The van der Waals surface area contributed by atoms with Gasteiger partial charge in [0.25, 0.3) is 0 Å². The van der Waals surface area contributed by atoms with E-state index in [1.807, 2.05) is 31.2 Å². The first-order valence-corrected chi connectivity index (χ1v) is 5.26. The summed E-state index contributed by atoms with van der Waals surface area (Å²) in [6, 6.07) is 9.86. The molecule has 2 aromatic rings. The summed E-state index contributed by atoms with van der Waals surface area (Å²) in [6.07, 6.45) is 0. The Kier molecular flexibility index (Phi) is 2.88. The van der Waals surface area contributed by atoms with Gasteiger partial charge >= 0.3 is 0 Å². The van der Waals surface area contributed by atoms with Crippen LogP contribution < -0.4 is 9.47 Å². The predicted molar refractivity (Wildman–Crippen MR) is 66.5 cm³/mol. The zero-order chi connectivity index (χ0) is 12.4. The molecule has 0 aliphatic rings. The molecule has 0 aliphatic carbocycles. The minimum Gasteiger partial charge on any atom is -0.497 e. The minimum atomic E-state index is 0.588. The average molecular weight is 227 g/mol. The van der Waals surface area contributed by atoms with Gasteiger partial charge in [0.2, 0.25) is 0 Å². The molecule has 0 radical (unpaired) electrons. The van der Waals surface area contributed by atoms with Crippen molar-refractivity contribution in [1.82, 2.24) is 0 Å². The summed E-state index contributed by atoms with van der Waals surface area (Å²) in [6.45, 7) is 1.90. The van der Waals surface area contributed by atoms with E-state index in [1.165, 1.54) is 0 Å². The third-order valence-corrected chi connectivity index (χ3v) is 2.81. The van der Waals surface area contributed by atoms with Crippen molar-refractivity contribution < 1.29 is 9.47 Å². The second-order valence-corrected chi connectivity index (χ2v) is 3.80. The van der Waals surface area contributed by atoms with E-state index >= 15 is 0 Å². The van der Waals surface area contributed by atoms with Gasteiger partial charge in [-0.2, -0.15) is 5.26 Å². The summed E-state index contributed by atoms with van der Waals surface area (Å²) in [5.41, 5.74) is 1.50. The Hall–Kier alpha value is -2.21. The molecule has 0 bridgehead atoms. The van der Waals surface area contributed by atoms with Crippen LogP contribution in [0.3, 0.4) is 0 Å². The zero-order valence-corrected chi connectivity index (χ0v) is 10.1. The van der Waals surface area contributed by atoms with Crippen LogP contribution in [0.4, 0.5) is 0 Å². The summed E-state index contributed by atoms with van der Waals surface area (Å²) in [4.78, 5) is 0. The number of ether oxygens (including phenoxy) is 2. The first-order chi connectivity index (χ1) is 8.21. The monoisotopic (exact) mass is 227 g/mol. The molecule has 0 atom stereocenters. The molecule has 0 fully saturated rings. The molecular weight excluding hydrogens is 214 g/mol. The number of rotatable bonds is 2. The number of methoxy groups -OCH3 is 2. The normalized spacial score (nSPS) is 10.0. The van der Waals surface area contributed by atoms with Crippen LogP contribution in [-0.2, 0) is 0 Å². The van der Waals surface area contributed by atoms with Gasteiger partial charge in [-0.05, 0) is 42.1 Å². The Morgan fingerprint density at radius 3 is 2.47 bits per heavy atom. The summed E-state index contributed by atoms with van der Waals surface area (Å²) in [5, 5.41) is 11.1. The Bertz CT molecular complexity index is 612. The summed E-state index contributed by atoms with van der Waals surface area (Å²) in [7, 11) is 3.22. The highest BCUT2D eigenvalue weighted by molar-refractivity contribution is 5.92. The topological polar surface area (TPSA) is 42.2 Å². The number of fused-ring (bicyclic) bond motifs is 1. The quantitative estimate of drug-likeness (QED) is 0.791. The van der Waals surface area contributed by atoms with Gasteiger partial charge in [-0.1, -0.05) is 0 Å². The lowest BCUT2D eigenvalue weighted by Crippen LogP contribution is -1.93. The van der Waals surface area contributed by atoms with Gasteiger partial charge < -0.3 is 9.47 Å². The molecule has 17 heavy (non-hydrogen) atoms. The van der Waals surface area contributed by atoms with Crippen molar-refractivity contribution >= 4 is 10.8 Å². The fourth-order valence-electron chi connectivity index (χ4n) is 1.96. The second-order valence-electron chi connectivity index (χ2n) is 3.80. The Labute approximate surface area is 100 Å². The number of hydrogen-bond donors (Lipinski definition) is 0. The van der Waals surface area contributed by atoms with Crippen molar-refractivity contribution in [1.29, 1.82) is 5.26 Å². The van der Waals surface area contributed by atoms with Crippen LogP contribution in [0.15, 0.2) is 24.3 Å². The number of hydrogen-bond acceptors (Lipinski definition) is 3. The Morgan fingerprint density at radius 2 is 1.88 bits per heavy atom. The highest BCUT2D eigenvalue weighted by atomic mass is 16.5. The number of aryl methyl sites for hydroxylation is 1. The average Bonchev–Trinajstić information content (AvgIpc) is 2.36. The first-order valence-electron chi connectivity index (χ1n) is 5.26. The van der Waals surface area contributed by atoms with E-state index in [1.54, 1.807) is 14.2 Å². The number of benzene rings is 2. The minimum absolute atomic E-state index is 0.588. The highest BCUT2D eigenvalue weighted by Crippen LogP contribution is 2.33. The fraction of sp³-hybridized carbons (Fsp3) is 0.214. The van der Waals surface area contributed by atoms with E-state index < -0.39 is 0 Å². The van der Waals surface area contributed by atoms with Crippen molar-refractivity contribution in [2.24, 2.45) is 0 Å². The van der Waals surface area contributed by atoms with Crippen molar-refractivity contribution in [3.8, 4) is 17.6 Å². The largest absolute Gasteiger partial charge is 0.497 e. The van der Waals surface area contributed by atoms with Gasteiger partial charge in [0, 0.05) is 5.39 Å². The molecule has 0 aliphatic heterocycles. The van der Waals surface area contributed by atoms with Crippen molar-refractivity contribution in [2.75, 3.05) is 14.2 Å². The molecule has 0 saturated heterocycles. The summed E-state index contributed by atoms with van der Waals surface area (Å²) < 4.78 is 10.5. The van der Waals surface area contributed by atoms with Crippen LogP contribution >= 0.6 is 0 Å². The van der Waals surface area contributed by atoms with E-state index in [2.05, 4.69) is 6.07 Å². The van der Waals surface area contributed by atoms with Crippen LogP contribution in [0, 0.1) is 18.3 Å². The van der Waals surface area contributed by atoms with Crippen LogP contribution in [0.5, 0.6) is 11.5 Å². The van der Waals surface area contributed by atoms with Crippen LogP contribution in [0.25, 0.3) is 10.8 Å². The van der Waals surface area contributed by atoms with Crippen LogP contribution in [-0.4, -0.2) is 14.2 Å². The lowest BCUT2D eigenvalue weighted by molar-refractivity contribution is 0.414. The SMILES string of the molecule is COc1ccc2c(OC)c(C#N)c(C)cc2c1. The maximum Gasteiger partial charge on any atom is 0.144 e. The lowest BCUT2D eigenvalue weighted by Gasteiger charge is -2.11. The Morgan fingerprint density at radius 1 is 1.12 bits per heavy atom. The van der Waals surface area contributed by atoms with E-state index in [4.69, 9.17) is 14.7 Å². The van der Waals surface area contributed by atoms with Gasteiger partial charge in [-0.3, -0.25) is 0 Å². The fourth-order valence-corrected chi connectivity index (χ4v) is 1.96. The molecule has 0 N–H and O–H groups in total. The molecule has 0 saturated carbocycles. The number of nitriles is 1. The van der Waals surface area contributed by atoms with Crippen molar-refractivity contribution in [3.05, 3.63) is 35.4 Å². The van der Waals surface area contributed by atoms with Crippen LogP contribution in [0.1, 0.15) is 11.1 Å². The molecule has 0 aromatic heterocycles. The standard InChI is InChI=1S/C14H13NO2/c1-9-6-10-7-11(16-2)4-5-12(10)14(17-3)13(9)8-15/h4-7H,1-3H3. The van der Waals surface area contributed by atoms with Gasteiger partial charge in [0.1, 0.15) is 17.6 Å². The smallest absolute Gasteiger partial charge is 0.144 e. The molecule has 0 amide bonds. The summed E-state index contributed by atoms with van der Waals surface area (Å²) in [5.74, 6) is 1.42. The maximum absolute atomic E-state index is 9.14. The molecule has 0 spiro atoms. The second kappa shape index (κ2) is 4.34. The predicted octanol–water partition coefficient (Wildman–Crippen LogP) is 3.04. The maximum atomic E-state index is 9.14.